The minimum absolute atomic E-state index is 0.0187. The number of hydrogen-bond acceptors (Lipinski definition) is 4. The van der Waals surface area contributed by atoms with Crippen LogP contribution >= 0.6 is 23.2 Å². The van der Waals surface area contributed by atoms with E-state index in [4.69, 9.17) is 27.9 Å². The van der Waals surface area contributed by atoms with E-state index in [-0.39, 0.29) is 21.5 Å². The maximum absolute atomic E-state index is 12.7. The van der Waals surface area contributed by atoms with Crippen molar-refractivity contribution in [1.82, 2.24) is 0 Å². The van der Waals surface area contributed by atoms with E-state index < -0.39 is 16.1 Å². The van der Waals surface area contributed by atoms with Gasteiger partial charge in [-0.2, -0.15) is 0 Å². The molecule has 0 fully saturated rings. The van der Waals surface area contributed by atoms with Crippen molar-refractivity contribution < 1.29 is 17.9 Å². The summed E-state index contributed by atoms with van der Waals surface area (Å²) >= 11 is 11.9. The Morgan fingerprint density at radius 2 is 1.73 bits per heavy atom. The van der Waals surface area contributed by atoms with Crippen LogP contribution in [0.25, 0.3) is 0 Å². The Morgan fingerprint density at radius 1 is 1.03 bits per heavy atom. The average Bonchev–Trinajstić information content (AvgIpc) is 2.77. The number of anilines is 2. The summed E-state index contributed by atoms with van der Waals surface area (Å²) in [5, 5.41) is 3.36. The highest BCUT2D eigenvalue weighted by Crippen LogP contribution is 2.28. The Hall–Kier alpha value is -2.74. The SMILES string of the molecule is CC[C@@H](Oc1cccc(C)c1C)C(=O)Nc1ccc(S(=O)(=O)Nc2ccc(Cl)cc2Cl)cc1. The van der Waals surface area contributed by atoms with Gasteiger partial charge in [-0.05, 0) is 79.9 Å². The van der Waals surface area contributed by atoms with Crippen molar-refractivity contribution >= 4 is 50.5 Å². The summed E-state index contributed by atoms with van der Waals surface area (Å²) < 4.78 is 33.7. The Morgan fingerprint density at radius 3 is 2.36 bits per heavy atom. The molecular formula is C24H24Cl2N2O4S. The van der Waals surface area contributed by atoms with Crippen molar-refractivity contribution in [2.24, 2.45) is 0 Å². The molecule has 1 atom stereocenters. The number of ether oxygens (including phenoxy) is 1. The smallest absolute Gasteiger partial charge is 0.265 e. The first-order valence-electron chi connectivity index (χ1n) is 10.2. The van der Waals surface area contributed by atoms with Crippen molar-refractivity contribution in [3.63, 3.8) is 0 Å². The lowest BCUT2D eigenvalue weighted by Gasteiger charge is -2.19. The number of sulfonamides is 1. The molecular weight excluding hydrogens is 483 g/mol. The molecule has 3 aromatic carbocycles. The molecule has 0 radical (unpaired) electrons. The number of nitrogens with one attached hydrogen (secondary N) is 2. The van der Waals surface area contributed by atoms with Crippen LogP contribution in [-0.2, 0) is 14.8 Å². The topological polar surface area (TPSA) is 84.5 Å². The monoisotopic (exact) mass is 506 g/mol. The molecule has 3 rings (SSSR count). The molecule has 3 aromatic rings. The lowest BCUT2D eigenvalue weighted by molar-refractivity contribution is -0.122. The van der Waals surface area contributed by atoms with Gasteiger partial charge in [0.25, 0.3) is 15.9 Å². The summed E-state index contributed by atoms with van der Waals surface area (Å²) in [5.41, 5.74) is 2.72. The van der Waals surface area contributed by atoms with Gasteiger partial charge in [0.05, 0.1) is 15.6 Å². The van der Waals surface area contributed by atoms with Gasteiger partial charge in [-0.3, -0.25) is 9.52 Å². The van der Waals surface area contributed by atoms with Crippen LogP contribution in [0.5, 0.6) is 5.75 Å². The van der Waals surface area contributed by atoms with E-state index >= 15 is 0 Å². The van der Waals surface area contributed by atoms with E-state index in [1.54, 1.807) is 0 Å². The van der Waals surface area contributed by atoms with E-state index in [0.717, 1.165) is 11.1 Å². The fourth-order valence-electron chi connectivity index (χ4n) is 3.04. The zero-order valence-corrected chi connectivity index (χ0v) is 20.7. The van der Waals surface area contributed by atoms with Gasteiger partial charge in [0.15, 0.2) is 6.10 Å². The van der Waals surface area contributed by atoms with Crippen molar-refractivity contribution in [2.45, 2.75) is 38.2 Å². The molecule has 0 saturated heterocycles. The third-order valence-electron chi connectivity index (χ3n) is 5.09. The van der Waals surface area contributed by atoms with Crippen LogP contribution in [0.1, 0.15) is 24.5 Å². The summed E-state index contributed by atoms with van der Waals surface area (Å²) in [4.78, 5) is 12.8. The Balaban J connectivity index is 1.70. The fraction of sp³-hybridized carbons (Fsp3) is 0.208. The summed E-state index contributed by atoms with van der Waals surface area (Å²) in [6.07, 6.45) is -0.222. The lowest BCUT2D eigenvalue weighted by Crippen LogP contribution is -2.32. The van der Waals surface area contributed by atoms with Gasteiger partial charge in [-0.25, -0.2) is 8.42 Å². The summed E-state index contributed by atoms with van der Waals surface area (Å²) in [6, 6.07) is 16.0. The molecule has 0 aliphatic rings. The zero-order chi connectivity index (χ0) is 24.2. The number of carbonyl (C=O) groups excluding carboxylic acids is 1. The van der Waals surface area contributed by atoms with E-state index in [9.17, 15) is 13.2 Å². The molecule has 33 heavy (non-hydrogen) atoms. The number of aryl methyl sites for hydroxylation is 1. The number of amides is 1. The molecule has 6 nitrogen and oxygen atoms in total. The second kappa shape index (κ2) is 10.5. The molecule has 0 saturated carbocycles. The Bertz CT molecular complexity index is 1260. The molecule has 0 heterocycles. The summed E-state index contributed by atoms with van der Waals surface area (Å²) in [7, 11) is -3.88. The van der Waals surface area contributed by atoms with Gasteiger partial charge in [-0.15, -0.1) is 0 Å². The lowest BCUT2D eigenvalue weighted by atomic mass is 10.1. The minimum atomic E-state index is -3.88. The largest absolute Gasteiger partial charge is 0.480 e. The first kappa shape index (κ1) is 24.9. The minimum Gasteiger partial charge on any atom is -0.480 e. The normalized spacial score (nSPS) is 12.2. The first-order chi connectivity index (χ1) is 15.6. The summed E-state index contributed by atoms with van der Waals surface area (Å²) in [6.45, 7) is 5.78. The van der Waals surface area contributed by atoms with Gasteiger partial charge in [0, 0.05) is 10.7 Å². The highest BCUT2D eigenvalue weighted by Gasteiger charge is 2.21. The maximum Gasteiger partial charge on any atom is 0.265 e. The van der Waals surface area contributed by atoms with Crippen LogP contribution in [-0.4, -0.2) is 20.4 Å². The van der Waals surface area contributed by atoms with E-state index in [0.29, 0.717) is 22.9 Å². The molecule has 0 unspecified atom stereocenters. The molecule has 174 valence electrons. The van der Waals surface area contributed by atoms with Gasteiger partial charge < -0.3 is 10.1 Å². The van der Waals surface area contributed by atoms with E-state index in [1.807, 2.05) is 39.0 Å². The van der Waals surface area contributed by atoms with Crippen LogP contribution in [0.2, 0.25) is 10.0 Å². The van der Waals surface area contributed by atoms with E-state index in [2.05, 4.69) is 10.0 Å². The Labute approximate surface area is 203 Å². The molecule has 1 amide bonds. The van der Waals surface area contributed by atoms with Gasteiger partial charge in [0.2, 0.25) is 0 Å². The molecule has 2 N–H and O–H groups in total. The number of hydrogen-bond donors (Lipinski definition) is 2. The van der Waals surface area contributed by atoms with Crippen molar-refractivity contribution in [3.8, 4) is 5.75 Å². The standard InChI is InChI=1S/C24H24Cl2N2O4S/c1-4-22(32-23-7-5-6-15(2)16(23)3)24(29)27-18-9-11-19(12-10-18)33(30,31)28-21-13-8-17(25)14-20(21)26/h5-14,22,28H,4H2,1-3H3,(H,27,29)/t22-/m1/s1. The first-order valence-corrected chi connectivity index (χ1v) is 12.5. The quantitative estimate of drug-likeness (QED) is 0.380. The van der Waals surface area contributed by atoms with Crippen LogP contribution in [0.3, 0.4) is 0 Å². The maximum atomic E-state index is 12.7. The predicted molar refractivity (Wildman–Crippen MR) is 133 cm³/mol. The molecule has 9 heteroatoms. The van der Waals surface area contributed by atoms with E-state index in [1.165, 1.54) is 42.5 Å². The van der Waals surface area contributed by atoms with Crippen LogP contribution in [0, 0.1) is 13.8 Å². The molecule has 0 aromatic heterocycles. The fourth-order valence-corrected chi connectivity index (χ4v) is 4.63. The average molecular weight is 507 g/mol. The highest BCUT2D eigenvalue weighted by molar-refractivity contribution is 7.92. The molecule has 0 aliphatic carbocycles. The number of rotatable bonds is 8. The third-order valence-corrected chi connectivity index (χ3v) is 7.02. The summed E-state index contributed by atoms with van der Waals surface area (Å²) in [5.74, 6) is 0.338. The number of halogens is 2. The van der Waals surface area contributed by atoms with Crippen LogP contribution in [0.4, 0.5) is 11.4 Å². The van der Waals surface area contributed by atoms with Crippen molar-refractivity contribution in [3.05, 3.63) is 81.8 Å². The van der Waals surface area contributed by atoms with Gasteiger partial charge in [0.1, 0.15) is 5.75 Å². The third kappa shape index (κ3) is 6.19. The predicted octanol–water partition coefficient (Wildman–Crippen LogP) is 6.21. The molecule has 0 bridgehead atoms. The molecule has 0 spiro atoms. The Kier molecular flexibility index (Phi) is 7.89. The highest BCUT2D eigenvalue weighted by atomic mass is 35.5. The second-order valence-electron chi connectivity index (χ2n) is 7.46. The number of benzene rings is 3. The zero-order valence-electron chi connectivity index (χ0n) is 18.4. The van der Waals surface area contributed by atoms with Crippen LogP contribution in [0.15, 0.2) is 65.6 Å². The van der Waals surface area contributed by atoms with Crippen LogP contribution < -0.4 is 14.8 Å². The second-order valence-corrected chi connectivity index (χ2v) is 9.98. The van der Waals surface area contributed by atoms with Gasteiger partial charge in [-0.1, -0.05) is 42.3 Å². The van der Waals surface area contributed by atoms with Crippen molar-refractivity contribution in [1.29, 1.82) is 0 Å². The van der Waals surface area contributed by atoms with Gasteiger partial charge >= 0.3 is 0 Å². The van der Waals surface area contributed by atoms with Crippen molar-refractivity contribution in [2.75, 3.05) is 10.0 Å². The molecule has 0 aliphatic heterocycles. The number of carbonyl (C=O) groups is 1.